The van der Waals surface area contributed by atoms with Gasteiger partial charge in [-0.2, -0.15) is 5.26 Å². The van der Waals surface area contributed by atoms with Crippen molar-refractivity contribution in [2.45, 2.75) is 20.0 Å². The third kappa shape index (κ3) is 5.58. The minimum atomic E-state index is -0.429. The van der Waals surface area contributed by atoms with E-state index in [-0.39, 0.29) is 11.5 Å². The number of carbonyl (C=O) groups excluding carboxylic acids is 2. The predicted molar refractivity (Wildman–Crippen MR) is 148 cm³/mol. The first-order valence-corrected chi connectivity index (χ1v) is 12.7. The van der Waals surface area contributed by atoms with Crippen LogP contribution in [0.15, 0.2) is 78.2 Å². The van der Waals surface area contributed by atoms with Crippen molar-refractivity contribution < 1.29 is 23.8 Å². The molecule has 0 saturated carbocycles. The summed E-state index contributed by atoms with van der Waals surface area (Å²) in [6.07, 6.45) is 3.91. The van der Waals surface area contributed by atoms with Gasteiger partial charge >= 0.3 is 0 Å². The minimum absolute atomic E-state index is 0.186. The number of ether oxygens (including phenoxy) is 3. The highest BCUT2D eigenvalue weighted by atomic mass is 32.2. The fourth-order valence-corrected chi connectivity index (χ4v) is 4.88. The average molecular weight is 527 g/mol. The number of amides is 2. The predicted octanol–water partition coefficient (Wildman–Crippen LogP) is 6.51. The second-order valence-electron chi connectivity index (χ2n) is 8.18. The van der Waals surface area contributed by atoms with Crippen molar-refractivity contribution >= 4 is 34.7 Å². The summed E-state index contributed by atoms with van der Waals surface area (Å²) in [7, 11) is 1.49. The Morgan fingerprint density at radius 2 is 1.79 bits per heavy atom. The molecule has 1 saturated heterocycles. The number of thioether (sulfide) groups is 1. The van der Waals surface area contributed by atoms with Crippen LogP contribution in [0.1, 0.15) is 29.2 Å². The van der Waals surface area contributed by atoms with Gasteiger partial charge in [0, 0.05) is 11.1 Å². The molecule has 7 nitrogen and oxygen atoms in total. The molecule has 0 atom stereocenters. The van der Waals surface area contributed by atoms with Crippen LogP contribution in [0, 0.1) is 11.3 Å². The smallest absolute Gasteiger partial charge is 0.298 e. The summed E-state index contributed by atoms with van der Waals surface area (Å²) >= 11 is 0.865. The van der Waals surface area contributed by atoms with E-state index >= 15 is 0 Å². The number of nitriles is 1. The second kappa shape index (κ2) is 12.2. The number of imide groups is 1. The van der Waals surface area contributed by atoms with Crippen LogP contribution in [0.2, 0.25) is 0 Å². The van der Waals surface area contributed by atoms with Gasteiger partial charge in [-0.25, -0.2) is 4.90 Å². The van der Waals surface area contributed by atoms with E-state index in [2.05, 4.69) is 12.6 Å². The molecule has 2 amide bonds. The Morgan fingerprint density at radius 1 is 1.03 bits per heavy atom. The molecule has 1 fully saturated rings. The standard InChI is InChI=1S/C30H26N2O5S/c1-4-10-21-15-20(16-26(36-5-2)28(21)37-19-23-12-7-6-11-22(23)18-31)17-27-29(33)32(30(34)38-27)24-13-8-9-14-25(24)35-3/h4,6-9,11-17H,1,5,10,19H2,2-3H3/b27-17-. The van der Waals surface area contributed by atoms with Gasteiger partial charge < -0.3 is 14.2 Å². The molecule has 4 rings (SSSR count). The molecule has 0 N–H and O–H groups in total. The molecule has 3 aromatic rings. The number of methoxy groups -OCH3 is 1. The number of rotatable bonds is 10. The molecule has 0 radical (unpaired) electrons. The first kappa shape index (κ1) is 26.6. The van der Waals surface area contributed by atoms with Crippen molar-refractivity contribution in [2.24, 2.45) is 0 Å². The number of benzene rings is 3. The fourth-order valence-electron chi connectivity index (χ4n) is 4.05. The summed E-state index contributed by atoms with van der Waals surface area (Å²) in [6.45, 7) is 6.31. The monoisotopic (exact) mass is 526 g/mol. The second-order valence-corrected chi connectivity index (χ2v) is 9.17. The summed E-state index contributed by atoms with van der Waals surface area (Å²) in [5.74, 6) is 1.04. The Kier molecular flexibility index (Phi) is 8.51. The molecule has 1 aliphatic rings. The number of hydrogen-bond donors (Lipinski definition) is 0. The average Bonchev–Trinajstić information content (AvgIpc) is 3.20. The minimum Gasteiger partial charge on any atom is -0.495 e. The Hall–Kier alpha value is -4.48. The highest BCUT2D eigenvalue weighted by Gasteiger charge is 2.37. The molecule has 0 spiro atoms. The third-order valence-corrected chi connectivity index (χ3v) is 6.62. The van der Waals surface area contributed by atoms with Crippen LogP contribution in [0.25, 0.3) is 6.08 Å². The number of carbonyl (C=O) groups is 2. The number of para-hydroxylation sites is 2. The third-order valence-electron chi connectivity index (χ3n) is 5.75. The van der Waals surface area contributed by atoms with E-state index in [1.54, 1.807) is 54.6 Å². The van der Waals surface area contributed by atoms with Gasteiger partial charge in [-0.05, 0) is 67.1 Å². The normalized spacial score (nSPS) is 13.9. The van der Waals surface area contributed by atoms with Crippen molar-refractivity contribution in [3.63, 3.8) is 0 Å². The maximum Gasteiger partial charge on any atom is 0.298 e. The van der Waals surface area contributed by atoms with Crippen LogP contribution in [0.3, 0.4) is 0 Å². The van der Waals surface area contributed by atoms with Gasteiger partial charge in [0.2, 0.25) is 0 Å². The highest BCUT2D eigenvalue weighted by Crippen LogP contribution is 2.41. The lowest BCUT2D eigenvalue weighted by Gasteiger charge is -2.17. The van der Waals surface area contributed by atoms with E-state index in [0.717, 1.165) is 27.8 Å². The van der Waals surface area contributed by atoms with Gasteiger partial charge in [0.1, 0.15) is 12.4 Å². The molecule has 3 aromatic carbocycles. The Labute approximate surface area is 225 Å². The van der Waals surface area contributed by atoms with Gasteiger partial charge in [-0.1, -0.05) is 36.4 Å². The molecule has 0 unspecified atom stereocenters. The lowest BCUT2D eigenvalue weighted by atomic mass is 10.0. The van der Waals surface area contributed by atoms with Crippen LogP contribution in [-0.2, 0) is 17.8 Å². The van der Waals surface area contributed by atoms with E-state index in [1.165, 1.54) is 7.11 Å². The number of anilines is 1. The summed E-state index contributed by atoms with van der Waals surface area (Å²) in [5.41, 5.74) is 3.18. The zero-order chi connectivity index (χ0) is 27.1. The van der Waals surface area contributed by atoms with Crippen LogP contribution >= 0.6 is 11.8 Å². The Balaban J connectivity index is 1.69. The molecule has 8 heteroatoms. The van der Waals surface area contributed by atoms with Crippen molar-refractivity contribution in [1.82, 2.24) is 0 Å². The highest BCUT2D eigenvalue weighted by molar-refractivity contribution is 8.19. The van der Waals surface area contributed by atoms with E-state index in [4.69, 9.17) is 14.2 Å². The molecule has 0 aromatic heterocycles. The van der Waals surface area contributed by atoms with Gasteiger partial charge in [-0.15, -0.1) is 6.58 Å². The van der Waals surface area contributed by atoms with E-state index in [9.17, 15) is 14.9 Å². The number of nitrogens with zero attached hydrogens (tertiary/aromatic N) is 2. The largest absolute Gasteiger partial charge is 0.495 e. The van der Waals surface area contributed by atoms with Crippen LogP contribution in [0.5, 0.6) is 17.2 Å². The topological polar surface area (TPSA) is 88.9 Å². The molecule has 192 valence electrons. The Bertz CT molecular complexity index is 1460. The van der Waals surface area contributed by atoms with Crippen LogP contribution in [-0.4, -0.2) is 24.9 Å². The first-order valence-electron chi connectivity index (χ1n) is 11.9. The summed E-state index contributed by atoms with van der Waals surface area (Å²) < 4.78 is 17.4. The number of hydrogen-bond acceptors (Lipinski definition) is 7. The molecule has 1 heterocycles. The maximum absolute atomic E-state index is 13.3. The fraction of sp³-hybridized carbons (Fsp3) is 0.167. The van der Waals surface area contributed by atoms with E-state index in [0.29, 0.717) is 47.1 Å². The molecule has 38 heavy (non-hydrogen) atoms. The van der Waals surface area contributed by atoms with Crippen molar-refractivity contribution in [3.05, 3.63) is 100 Å². The summed E-state index contributed by atoms with van der Waals surface area (Å²) in [5, 5.41) is 9.01. The molecular weight excluding hydrogens is 500 g/mol. The van der Waals surface area contributed by atoms with Gasteiger partial charge in [0.25, 0.3) is 11.1 Å². The SMILES string of the molecule is C=CCc1cc(/C=C2\SC(=O)N(c3ccccc3OC)C2=O)cc(OCC)c1OCc1ccccc1C#N. The zero-order valence-corrected chi connectivity index (χ0v) is 21.9. The number of allylic oxidation sites excluding steroid dienone is 1. The van der Waals surface area contributed by atoms with Crippen LogP contribution in [0.4, 0.5) is 10.5 Å². The van der Waals surface area contributed by atoms with Crippen molar-refractivity contribution in [2.75, 3.05) is 18.6 Å². The van der Waals surface area contributed by atoms with Gasteiger partial charge in [-0.3, -0.25) is 9.59 Å². The maximum atomic E-state index is 13.3. The lowest BCUT2D eigenvalue weighted by Crippen LogP contribution is -2.28. The first-order chi connectivity index (χ1) is 18.5. The molecule has 0 bridgehead atoms. The van der Waals surface area contributed by atoms with Crippen molar-refractivity contribution in [1.29, 1.82) is 5.26 Å². The lowest BCUT2D eigenvalue weighted by molar-refractivity contribution is -0.113. The van der Waals surface area contributed by atoms with E-state index in [1.807, 2.05) is 25.1 Å². The summed E-state index contributed by atoms with van der Waals surface area (Å²) in [4.78, 5) is 27.5. The van der Waals surface area contributed by atoms with Crippen molar-refractivity contribution in [3.8, 4) is 23.3 Å². The molecular formula is C30H26N2O5S. The molecule has 1 aliphatic heterocycles. The van der Waals surface area contributed by atoms with Gasteiger partial charge in [0.15, 0.2) is 11.5 Å². The quantitative estimate of drug-likeness (QED) is 0.220. The summed E-state index contributed by atoms with van der Waals surface area (Å²) in [6, 6.07) is 20.0. The zero-order valence-electron chi connectivity index (χ0n) is 21.1. The van der Waals surface area contributed by atoms with E-state index < -0.39 is 11.1 Å². The van der Waals surface area contributed by atoms with Crippen LogP contribution < -0.4 is 19.1 Å². The Morgan fingerprint density at radius 3 is 2.53 bits per heavy atom. The molecule has 0 aliphatic carbocycles. The van der Waals surface area contributed by atoms with Gasteiger partial charge in [0.05, 0.1) is 35.9 Å².